The molecule has 0 spiro atoms. The molecule has 3 rings (SSSR count). The highest BCUT2D eigenvalue weighted by Crippen LogP contribution is 2.23. The highest BCUT2D eigenvalue weighted by molar-refractivity contribution is 5.83. The second-order valence-corrected chi connectivity index (χ2v) is 8.60. The van der Waals surface area contributed by atoms with Gasteiger partial charge in [0.05, 0.1) is 6.04 Å². The lowest BCUT2D eigenvalue weighted by molar-refractivity contribution is -0.121. The Morgan fingerprint density at radius 2 is 1.58 bits per heavy atom. The van der Waals surface area contributed by atoms with Gasteiger partial charge in [-0.25, -0.2) is 4.79 Å². The summed E-state index contributed by atoms with van der Waals surface area (Å²) in [6.45, 7) is 5.63. The predicted octanol–water partition coefficient (Wildman–Crippen LogP) is 5.15. The van der Waals surface area contributed by atoms with Gasteiger partial charge in [0.25, 0.3) is 0 Å². The van der Waals surface area contributed by atoms with Crippen molar-refractivity contribution >= 4 is 22.8 Å². The van der Waals surface area contributed by atoms with Gasteiger partial charge in [-0.15, -0.1) is 0 Å². The van der Waals surface area contributed by atoms with E-state index >= 15 is 0 Å². The topological polar surface area (TPSA) is 67.4 Å². The molecule has 2 N–H and O–H groups in total. The third-order valence-corrected chi connectivity index (χ3v) is 4.81. The Labute approximate surface area is 183 Å². The second kappa shape index (κ2) is 10.1. The van der Waals surface area contributed by atoms with Gasteiger partial charge in [-0.1, -0.05) is 66.7 Å². The van der Waals surface area contributed by atoms with Gasteiger partial charge in [-0.3, -0.25) is 4.79 Å². The lowest BCUT2D eigenvalue weighted by Crippen LogP contribution is -2.36. The molecule has 0 aliphatic heterocycles. The summed E-state index contributed by atoms with van der Waals surface area (Å²) in [5.41, 5.74) is 1.63. The van der Waals surface area contributed by atoms with Crippen LogP contribution in [0.4, 0.5) is 4.79 Å². The van der Waals surface area contributed by atoms with E-state index in [1.54, 1.807) is 20.8 Å². The smallest absolute Gasteiger partial charge is 0.407 e. The first kappa shape index (κ1) is 22.3. The summed E-state index contributed by atoms with van der Waals surface area (Å²) < 4.78 is 5.21. The van der Waals surface area contributed by atoms with Crippen molar-refractivity contribution in [1.29, 1.82) is 0 Å². The zero-order valence-corrected chi connectivity index (χ0v) is 18.4. The molecule has 0 saturated carbocycles. The molecule has 2 amide bonds. The quantitative estimate of drug-likeness (QED) is 0.557. The molecule has 0 aliphatic rings. The number of hydrogen-bond acceptors (Lipinski definition) is 3. The molecule has 1 unspecified atom stereocenters. The van der Waals surface area contributed by atoms with Crippen LogP contribution >= 0.6 is 0 Å². The molecule has 5 nitrogen and oxygen atoms in total. The first-order valence-corrected chi connectivity index (χ1v) is 10.6. The van der Waals surface area contributed by atoms with Crippen LogP contribution in [0.15, 0.2) is 72.8 Å². The Hall–Kier alpha value is -3.34. The molecule has 0 aromatic heterocycles. The van der Waals surface area contributed by atoms with E-state index in [0.29, 0.717) is 6.42 Å². The second-order valence-electron chi connectivity index (χ2n) is 8.60. The van der Waals surface area contributed by atoms with Crippen LogP contribution in [0.2, 0.25) is 0 Å². The molecule has 0 saturated heterocycles. The van der Waals surface area contributed by atoms with E-state index in [2.05, 4.69) is 53.1 Å². The number of fused-ring (bicyclic) bond motifs is 1. The lowest BCUT2D eigenvalue weighted by Gasteiger charge is -2.21. The number of alkyl carbamates (subject to hydrolysis) is 1. The van der Waals surface area contributed by atoms with Gasteiger partial charge in [-0.05, 0) is 55.2 Å². The van der Waals surface area contributed by atoms with Crippen molar-refractivity contribution in [1.82, 2.24) is 10.6 Å². The summed E-state index contributed by atoms with van der Waals surface area (Å²) in [6, 6.07) is 24.4. The molecule has 0 bridgehead atoms. The first-order chi connectivity index (χ1) is 14.8. The zero-order chi connectivity index (χ0) is 22.3. The average Bonchev–Trinajstić information content (AvgIpc) is 2.72. The number of carbonyl (C=O) groups excluding carboxylic acids is 2. The van der Waals surface area contributed by atoms with E-state index in [4.69, 9.17) is 4.74 Å². The van der Waals surface area contributed by atoms with Crippen molar-refractivity contribution < 1.29 is 14.3 Å². The Kier molecular flexibility index (Phi) is 7.29. The van der Waals surface area contributed by atoms with Crippen LogP contribution in [0, 0.1) is 0 Å². The van der Waals surface area contributed by atoms with Gasteiger partial charge in [0, 0.05) is 13.0 Å². The number of nitrogens with one attached hydrogen (secondary N) is 2. The fraction of sp³-hybridized carbons (Fsp3) is 0.308. The van der Waals surface area contributed by atoms with Crippen molar-refractivity contribution in [3.63, 3.8) is 0 Å². The number of benzene rings is 3. The number of carbonyl (C=O) groups is 2. The maximum Gasteiger partial charge on any atom is 0.407 e. The van der Waals surface area contributed by atoms with Gasteiger partial charge in [0.1, 0.15) is 5.60 Å². The number of hydrogen-bond donors (Lipinski definition) is 2. The average molecular weight is 419 g/mol. The number of amides is 2. The standard InChI is InChI=1S/C26H30N2O3/c1-26(2,3)31-25(30)27-16-15-24(29)28-23(17-19-9-5-4-6-10-19)22-14-13-20-11-7-8-12-21(20)18-22/h4-14,18,23H,15-17H2,1-3H3,(H,27,30)(H,28,29). The highest BCUT2D eigenvalue weighted by atomic mass is 16.6. The largest absolute Gasteiger partial charge is 0.444 e. The van der Waals surface area contributed by atoms with E-state index in [9.17, 15) is 9.59 Å². The zero-order valence-electron chi connectivity index (χ0n) is 18.4. The van der Waals surface area contributed by atoms with E-state index < -0.39 is 11.7 Å². The summed E-state index contributed by atoms with van der Waals surface area (Å²) in [5.74, 6) is -0.120. The van der Waals surface area contributed by atoms with Crippen LogP contribution in [0.5, 0.6) is 0 Å². The minimum atomic E-state index is -0.566. The highest BCUT2D eigenvalue weighted by Gasteiger charge is 2.18. The third-order valence-electron chi connectivity index (χ3n) is 4.81. The molecule has 0 radical (unpaired) electrons. The SMILES string of the molecule is CC(C)(C)OC(=O)NCCC(=O)NC(Cc1ccccc1)c1ccc2ccccc2c1. The molecular weight excluding hydrogens is 388 g/mol. The third kappa shape index (κ3) is 7.14. The van der Waals surface area contributed by atoms with E-state index in [1.165, 1.54) is 0 Å². The molecule has 0 aliphatic carbocycles. The van der Waals surface area contributed by atoms with Crippen LogP contribution in [-0.4, -0.2) is 24.1 Å². The Balaban J connectivity index is 1.67. The van der Waals surface area contributed by atoms with Crippen LogP contribution in [0.1, 0.15) is 44.4 Å². The number of ether oxygens (including phenoxy) is 1. The van der Waals surface area contributed by atoms with E-state index in [-0.39, 0.29) is 24.9 Å². The summed E-state index contributed by atoms with van der Waals surface area (Å²) in [7, 11) is 0. The summed E-state index contributed by atoms with van der Waals surface area (Å²) >= 11 is 0. The van der Waals surface area contributed by atoms with Crippen LogP contribution < -0.4 is 10.6 Å². The Bertz CT molecular complexity index is 1030. The molecule has 31 heavy (non-hydrogen) atoms. The minimum Gasteiger partial charge on any atom is -0.444 e. The monoisotopic (exact) mass is 418 g/mol. The lowest BCUT2D eigenvalue weighted by atomic mass is 9.96. The fourth-order valence-electron chi connectivity index (χ4n) is 3.39. The van der Waals surface area contributed by atoms with Crippen molar-refractivity contribution in [2.24, 2.45) is 0 Å². The number of rotatable bonds is 7. The van der Waals surface area contributed by atoms with Crippen molar-refractivity contribution in [2.75, 3.05) is 6.54 Å². The molecule has 5 heteroatoms. The minimum absolute atomic E-state index is 0.120. The Morgan fingerprint density at radius 3 is 2.29 bits per heavy atom. The van der Waals surface area contributed by atoms with Crippen LogP contribution in [0.25, 0.3) is 10.8 Å². The summed E-state index contributed by atoms with van der Waals surface area (Å²) in [4.78, 5) is 24.4. The molecule has 1 atom stereocenters. The van der Waals surface area contributed by atoms with Crippen molar-refractivity contribution in [3.05, 3.63) is 83.9 Å². The van der Waals surface area contributed by atoms with Gasteiger partial charge in [0.15, 0.2) is 0 Å². The van der Waals surface area contributed by atoms with Gasteiger partial charge in [0.2, 0.25) is 5.91 Å². The van der Waals surface area contributed by atoms with Crippen LogP contribution in [0.3, 0.4) is 0 Å². The van der Waals surface area contributed by atoms with Gasteiger partial charge in [-0.2, -0.15) is 0 Å². The molecule has 3 aromatic carbocycles. The molecule has 3 aromatic rings. The van der Waals surface area contributed by atoms with Gasteiger partial charge >= 0.3 is 6.09 Å². The van der Waals surface area contributed by atoms with Crippen LogP contribution in [-0.2, 0) is 16.0 Å². The first-order valence-electron chi connectivity index (χ1n) is 10.6. The maximum atomic E-state index is 12.6. The maximum absolute atomic E-state index is 12.6. The van der Waals surface area contributed by atoms with E-state index in [0.717, 1.165) is 21.9 Å². The summed E-state index contributed by atoms with van der Waals surface area (Å²) in [6.07, 6.45) is 0.346. The predicted molar refractivity (Wildman–Crippen MR) is 124 cm³/mol. The molecule has 0 heterocycles. The van der Waals surface area contributed by atoms with Gasteiger partial charge < -0.3 is 15.4 Å². The Morgan fingerprint density at radius 1 is 0.903 bits per heavy atom. The summed E-state index contributed by atoms with van der Waals surface area (Å²) in [5, 5.41) is 8.07. The molecule has 162 valence electrons. The van der Waals surface area contributed by atoms with Crippen molar-refractivity contribution in [2.45, 2.75) is 45.3 Å². The molecular formula is C26H30N2O3. The fourth-order valence-corrected chi connectivity index (χ4v) is 3.39. The van der Waals surface area contributed by atoms with Crippen molar-refractivity contribution in [3.8, 4) is 0 Å². The molecule has 0 fully saturated rings. The normalized spacial score (nSPS) is 12.2. The van der Waals surface area contributed by atoms with E-state index in [1.807, 2.05) is 30.3 Å².